The van der Waals surface area contributed by atoms with Gasteiger partial charge in [0.25, 0.3) is 0 Å². The molecule has 0 aromatic carbocycles. The molecule has 182 valence electrons. The van der Waals surface area contributed by atoms with Crippen molar-refractivity contribution in [1.29, 1.82) is 5.26 Å². The van der Waals surface area contributed by atoms with Crippen LogP contribution in [0.4, 0.5) is 0 Å². The summed E-state index contributed by atoms with van der Waals surface area (Å²) in [5, 5.41) is 18.5. The van der Waals surface area contributed by atoms with Gasteiger partial charge in [-0.05, 0) is 19.0 Å². The predicted octanol–water partition coefficient (Wildman–Crippen LogP) is 3.36. The molecule has 9 nitrogen and oxygen atoms in total. The molecule has 1 unspecified atom stereocenters. The Morgan fingerprint density at radius 1 is 1.32 bits per heavy atom. The number of rotatable bonds is 10. The summed E-state index contributed by atoms with van der Waals surface area (Å²) in [6.07, 6.45) is 7.88. The Labute approximate surface area is 202 Å². The van der Waals surface area contributed by atoms with Crippen LogP contribution in [0, 0.1) is 11.3 Å². The molecule has 0 aliphatic carbocycles. The van der Waals surface area contributed by atoms with Gasteiger partial charge >= 0.3 is 0 Å². The van der Waals surface area contributed by atoms with E-state index >= 15 is 0 Å². The minimum absolute atomic E-state index is 0.000919. The zero-order chi connectivity index (χ0) is 24.1. The molecule has 4 heterocycles. The Morgan fingerprint density at radius 2 is 2.18 bits per heavy atom. The van der Waals surface area contributed by atoms with Crippen LogP contribution in [-0.4, -0.2) is 76.1 Å². The smallest absolute Gasteiger partial charge is 0.145 e. The van der Waals surface area contributed by atoms with Gasteiger partial charge < -0.3 is 14.6 Å². The Balaban J connectivity index is 1.50. The van der Waals surface area contributed by atoms with Crippen LogP contribution in [0.15, 0.2) is 31.0 Å². The molecule has 4 rings (SSSR count). The van der Waals surface area contributed by atoms with Crippen molar-refractivity contribution in [2.75, 3.05) is 32.8 Å². The maximum Gasteiger partial charge on any atom is 0.145 e. The monoisotopic (exact) mass is 480 g/mol. The van der Waals surface area contributed by atoms with Gasteiger partial charge in [0.15, 0.2) is 0 Å². The van der Waals surface area contributed by atoms with E-state index in [-0.39, 0.29) is 6.04 Å². The minimum atomic E-state index is -1.11. The average molecular weight is 481 g/mol. The molecule has 1 N–H and O–H groups in total. The normalized spacial score (nSPS) is 18.3. The van der Waals surface area contributed by atoms with Gasteiger partial charge in [0.05, 0.1) is 30.4 Å². The number of ether oxygens (including phenoxy) is 1. The lowest BCUT2D eigenvalue weighted by atomic mass is 10.1. The molecule has 1 saturated heterocycles. The first-order valence-corrected chi connectivity index (χ1v) is 15.8. The molecule has 1 aliphatic rings. The molecular formula is C24H36N8OSi. The first-order valence-electron chi connectivity index (χ1n) is 12.1. The number of nitriles is 1. The summed E-state index contributed by atoms with van der Waals surface area (Å²) >= 11 is 0. The van der Waals surface area contributed by atoms with E-state index in [1.165, 1.54) is 0 Å². The van der Waals surface area contributed by atoms with Gasteiger partial charge in [-0.3, -0.25) is 9.58 Å². The highest BCUT2D eigenvalue weighted by Gasteiger charge is 2.23. The van der Waals surface area contributed by atoms with Gasteiger partial charge in [-0.2, -0.15) is 10.4 Å². The summed E-state index contributed by atoms with van der Waals surface area (Å²) in [6, 6.07) is 5.97. The molecule has 10 heteroatoms. The molecule has 34 heavy (non-hydrogen) atoms. The maximum atomic E-state index is 9.44. The van der Waals surface area contributed by atoms with E-state index in [9.17, 15) is 5.26 Å². The first-order chi connectivity index (χ1) is 16.4. The molecule has 0 amide bonds. The Kier molecular flexibility index (Phi) is 7.78. The van der Waals surface area contributed by atoms with Gasteiger partial charge in [-0.15, -0.1) is 0 Å². The number of fused-ring (bicyclic) bond motifs is 1. The van der Waals surface area contributed by atoms with Crippen molar-refractivity contribution in [2.45, 2.75) is 57.8 Å². The Hall–Kier alpha value is -2.58. The summed E-state index contributed by atoms with van der Waals surface area (Å²) in [5.74, 6) is 0. The van der Waals surface area contributed by atoms with E-state index in [1.807, 2.05) is 33.9 Å². The lowest BCUT2D eigenvalue weighted by Crippen LogP contribution is -2.51. The van der Waals surface area contributed by atoms with E-state index in [4.69, 9.17) is 4.74 Å². The maximum absolute atomic E-state index is 9.44. The van der Waals surface area contributed by atoms with Crippen molar-refractivity contribution in [2.24, 2.45) is 0 Å². The van der Waals surface area contributed by atoms with Crippen molar-refractivity contribution in [3.8, 4) is 17.3 Å². The second kappa shape index (κ2) is 10.8. The third-order valence-electron chi connectivity index (χ3n) is 6.44. The molecule has 0 spiro atoms. The van der Waals surface area contributed by atoms with Crippen LogP contribution in [0.5, 0.6) is 0 Å². The highest BCUT2D eigenvalue weighted by molar-refractivity contribution is 6.76. The quantitative estimate of drug-likeness (QED) is 0.351. The molecule has 1 aliphatic heterocycles. The third kappa shape index (κ3) is 5.91. The second-order valence-corrected chi connectivity index (χ2v) is 16.0. The van der Waals surface area contributed by atoms with Gasteiger partial charge in [0.1, 0.15) is 18.7 Å². The van der Waals surface area contributed by atoms with Crippen LogP contribution in [0.1, 0.15) is 19.4 Å². The van der Waals surface area contributed by atoms with E-state index in [2.05, 4.69) is 57.9 Å². The van der Waals surface area contributed by atoms with Gasteiger partial charge in [-0.25, -0.2) is 9.97 Å². The fourth-order valence-corrected chi connectivity index (χ4v) is 5.07. The topological polar surface area (TPSA) is 96.8 Å². The molecule has 3 aromatic heterocycles. The van der Waals surface area contributed by atoms with Crippen molar-refractivity contribution < 1.29 is 4.74 Å². The first kappa shape index (κ1) is 24.5. The number of piperazine rings is 1. The fourth-order valence-electron chi connectivity index (χ4n) is 4.31. The minimum Gasteiger partial charge on any atom is -0.361 e. The fraction of sp³-hybridized carbons (Fsp3) is 0.583. The number of aromatic nitrogens is 5. The molecule has 2 atom stereocenters. The molecule has 3 aromatic rings. The van der Waals surface area contributed by atoms with E-state index in [1.54, 1.807) is 6.33 Å². The van der Waals surface area contributed by atoms with Crippen LogP contribution >= 0.6 is 0 Å². The highest BCUT2D eigenvalue weighted by atomic mass is 28.3. The second-order valence-electron chi connectivity index (χ2n) is 10.4. The van der Waals surface area contributed by atoms with Crippen LogP contribution in [-0.2, 0) is 11.5 Å². The zero-order valence-electron chi connectivity index (χ0n) is 20.7. The molecule has 0 radical (unpaired) electrons. The summed E-state index contributed by atoms with van der Waals surface area (Å²) in [5.41, 5.74) is 2.64. The van der Waals surface area contributed by atoms with Crippen molar-refractivity contribution in [3.63, 3.8) is 0 Å². The van der Waals surface area contributed by atoms with Crippen LogP contribution < -0.4 is 5.32 Å². The number of nitrogens with zero attached hydrogens (tertiary/aromatic N) is 7. The molecule has 0 bridgehead atoms. The molecule has 1 fully saturated rings. The average Bonchev–Trinajstić information content (AvgIpc) is 3.45. The van der Waals surface area contributed by atoms with E-state index in [0.717, 1.165) is 61.1 Å². The Bertz CT molecular complexity index is 1130. The summed E-state index contributed by atoms with van der Waals surface area (Å²) in [6.45, 7) is 14.3. The SMILES string of the molecule is C[C@@H]1CNCCN1CC(CC#N)n1cc(-c2ncnc3c2ccn3COCC[Si](C)(C)C)cn1. The number of hydrogen-bond donors (Lipinski definition) is 1. The number of hydrogen-bond acceptors (Lipinski definition) is 7. The largest absolute Gasteiger partial charge is 0.361 e. The van der Waals surface area contributed by atoms with Crippen molar-refractivity contribution in [3.05, 3.63) is 31.0 Å². The lowest BCUT2D eigenvalue weighted by Gasteiger charge is -2.35. The summed E-state index contributed by atoms with van der Waals surface area (Å²) in [4.78, 5) is 11.5. The molecular weight excluding hydrogens is 444 g/mol. The summed E-state index contributed by atoms with van der Waals surface area (Å²) < 4.78 is 9.89. The highest BCUT2D eigenvalue weighted by Crippen LogP contribution is 2.27. The van der Waals surface area contributed by atoms with E-state index in [0.29, 0.717) is 19.2 Å². The lowest BCUT2D eigenvalue weighted by molar-refractivity contribution is 0.0899. The van der Waals surface area contributed by atoms with Crippen molar-refractivity contribution >= 4 is 19.1 Å². The van der Waals surface area contributed by atoms with Gasteiger partial charge in [-0.1, -0.05) is 19.6 Å². The van der Waals surface area contributed by atoms with E-state index < -0.39 is 8.07 Å². The molecule has 0 saturated carbocycles. The van der Waals surface area contributed by atoms with Gasteiger partial charge in [0.2, 0.25) is 0 Å². The summed E-state index contributed by atoms with van der Waals surface area (Å²) in [7, 11) is -1.11. The standard InChI is InChI=1S/C24H36N8OSi/c1-19-13-26-8-10-30(19)16-21(5-7-25)32-15-20(14-29-32)23-22-6-9-31(24(22)28-17-27-23)18-33-11-12-34(2,3)4/h6,9,14-15,17,19,21,26H,5,8,10-13,16,18H2,1-4H3/t19-,21?/m1/s1. The number of nitrogens with one attached hydrogen (secondary N) is 1. The van der Waals surface area contributed by atoms with Crippen molar-refractivity contribution in [1.82, 2.24) is 34.5 Å². The zero-order valence-corrected chi connectivity index (χ0v) is 21.7. The Morgan fingerprint density at radius 3 is 2.94 bits per heavy atom. The van der Waals surface area contributed by atoms with Crippen LogP contribution in [0.3, 0.4) is 0 Å². The van der Waals surface area contributed by atoms with Crippen LogP contribution in [0.2, 0.25) is 25.7 Å². The van der Waals surface area contributed by atoms with Crippen LogP contribution in [0.25, 0.3) is 22.3 Å². The third-order valence-corrected chi connectivity index (χ3v) is 8.15. The van der Waals surface area contributed by atoms with Gasteiger partial charge in [0, 0.05) is 70.2 Å². The predicted molar refractivity (Wildman–Crippen MR) is 136 cm³/mol.